The Labute approximate surface area is 132 Å². The number of carbonyl (C=O) groups excluding carboxylic acids is 1. The van der Waals surface area contributed by atoms with Gasteiger partial charge >= 0.3 is 0 Å². The lowest BCUT2D eigenvalue weighted by Crippen LogP contribution is -2.21. The van der Waals surface area contributed by atoms with E-state index in [1.54, 1.807) is 12.1 Å². The Morgan fingerprint density at radius 3 is 2.48 bits per heavy atom. The van der Waals surface area contributed by atoms with Crippen molar-refractivity contribution >= 4 is 21.7 Å². The van der Waals surface area contributed by atoms with Crippen molar-refractivity contribution in [2.75, 3.05) is 13.6 Å². The zero-order valence-corrected chi connectivity index (χ0v) is 13.4. The van der Waals surface area contributed by atoms with Crippen LogP contribution in [0.1, 0.15) is 22.3 Å². The van der Waals surface area contributed by atoms with Gasteiger partial charge in [-0.2, -0.15) is 0 Å². The van der Waals surface area contributed by atoms with Gasteiger partial charge in [0.1, 0.15) is 5.82 Å². The van der Waals surface area contributed by atoms with Crippen LogP contribution in [-0.2, 0) is 6.54 Å². The molecule has 0 saturated carbocycles. The van der Waals surface area contributed by atoms with Crippen LogP contribution < -0.4 is 0 Å². The minimum Gasteiger partial charge on any atom is -0.302 e. The van der Waals surface area contributed by atoms with E-state index < -0.39 is 5.82 Å². The van der Waals surface area contributed by atoms with E-state index in [0.717, 1.165) is 11.0 Å². The molecule has 110 valence electrons. The minimum absolute atomic E-state index is 0.157. The number of rotatable bonds is 6. The second-order valence-corrected chi connectivity index (χ2v) is 5.93. The number of hydrogen-bond acceptors (Lipinski definition) is 2. The smallest absolute Gasteiger partial charge is 0.167 e. The van der Waals surface area contributed by atoms with Crippen LogP contribution in [0.5, 0.6) is 0 Å². The highest BCUT2D eigenvalue weighted by Gasteiger charge is 2.11. The molecule has 0 amide bonds. The molecule has 0 saturated heterocycles. The van der Waals surface area contributed by atoms with Crippen LogP contribution in [0.3, 0.4) is 0 Å². The summed E-state index contributed by atoms with van der Waals surface area (Å²) in [5.74, 6) is -0.603. The molecule has 2 rings (SSSR count). The van der Waals surface area contributed by atoms with Crippen molar-refractivity contribution in [1.29, 1.82) is 0 Å². The maximum Gasteiger partial charge on any atom is 0.167 e. The third-order valence-electron chi connectivity index (χ3n) is 3.26. The summed E-state index contributed by atoms with van der Waals surface area (Å²) < 4.78 is 14.6. The van der Waals surface area contributed by atoms with Gasteiger partial charge in [0, 0.05) is 24.0 Å². The van der Waals surface area contributed by atoms with E-state index >= 15 is 0 Å². The summed E-state index contributed by atoms with van der Waals surface area (Å²) in [5.41, 5.74) is 1.36. The van der Waals surface area contributed by atoms with Crippen LogP contribution >= 0.6 is 15.9 Å². The number of Topliss-reactive ketones (excluding diaryl/α,β-unsaturated/α-hetero) is 1. The Balaban J connectivity index is 1.86. The summed E-state index contributed by atoms with van der Waals surface area (Å²) in [7, 11) is 1.96. The first-order valence-electron chi connectivity index (χ1n) is 6.77. The first-order valence-corrected chi connectivity index (χ1v) is 7.56. The third-order valence-corrected chi connectivity index (χ3v) is 3.79. The number of hydrogen-bond donors (Lipinski definition) is 0. The number of ketones is 1. The summed E-state index contributed by atoms with van der Waals surface area (Å²) in [6.45, 7) is 1.36. The molecule has 0 heterocycles. The summed E-state index contributed by atoms with van der Waals surface area (Å²) in [6, 6.07) is 14.2. The first-order chi connectivity index (χ1) is 10.1. The fourth-order valence-electron chi connectivity index (χ4n) is 2.09. The van der Waals surface area contributed by atoms with Crippen LogP contribution in [-0.4, -0.2) is 24.3 Å². The summed E-state index contributed by atoms with van der Waals surface area (Å²) in [5, 5.41) is 0. The molecule has 0 fully saturated rings. The fraction of sp³-hybridized carbons (Fsp3) is 0.235. The molecule has 2 nitrogen and oxygen atoms in total. The Kier molecular flexibility index (Phi) is 5.65. The van der Waals surface area contributed by atoms with E-state index in [2.05, 4.69) is 20.8 Å². The standard InChI is InChI=1S/C17H17BrFNO/c1-20(12-13-6-8-14(18)9-7-13)11-10-17(21)15-4-2-3-5-16(15)19/h2-9H,10-12H2,1H3. The fourth-order valence-corrected chi connectivity index (χ4v) is 2.36. The van der Waals surface area contributed by atoms with E-state index in [9.17, 15) is 9.18 Å². The molecule has 2 aromatic carbocycles. The molecule has 4 heteroatoms. The second kappa shape index (κ2) is 7.48. The van der Waals surface area contributed by atoms with E-state index in [4.69, 9.17) is 0 Å². The predicted octanol–water partition coefficient (Wildman–Crippen LogP) is 4.29. The average molecular weight is 350 g/mol. The molecular formula is C17H17BrFNO. The highest BCUT2D eigenvalue weighted by Crippen LogP contribution is 2.13. The van der Waals surface area contributed by atoms with Crippen LogP contribution in [0.2, 0.25) is 0 Å². The van der Waals surface area contributed by atoms with Crippen molar-refractivity contribution in [1.82, 2.24) is 4.90 Å². The Morgan fingerprint density at radius 2 is 1.81 bits per heavy atom. The number of halogens is 2. The van der Waals surface area contributed by atoms with Crippen molar-refractivity contribution in [2.24, 2.45) is 0 Å². The molecule has 0 bridgehead atoms. The molecule has 2 aromatic rings. The van der Waals surface area contributed by atoms with E-state index in [0.29, 0.717) is 13.0 Å². The van der Waals surface area contributed by atoms with E-state index in [-0.39, 0.29) is 11.3 Å². The van der Waals surface area contributed by atoms with Gasteiger partial charge in [-0.15, -0.1) is 0 Å². The Hall–Kier alpha value is -1.52. The predicted molar refractivity (Wildman–Crippen MR) is 85.8 cm³/mol. The molecule has 0 aromatic heterocycles. The van der Waals surface area contributed by atoms with Crippen LogP contribution in [0.25, 0.3) is 0 Å². The molecule has 0 N–H and O–H groups in total. The van der Waals surface area contributed by atoms with Gasteiger partial charge in [0.05, 0.1) is 5.56 Å². The topological polar surface area (TPSA) is 20.3 Å². The quantitative estimate of drug-likeness (QED) is 0.725. The molecule has 0 spiro atoms. The molecule has 0 radical (unpaired) electrons. The summed E-state index contributed by atoms with van der Waals surface area (Å²) in [6.07, 6.45) is 0.313. The van der Waals surface area contributed by atoms with Gasteiger partial charge in [0.25, 0.3) is 0 Å². The summed E-state index contributed by atoms with van der Waals surface area (Å²) >= 11 is 3.40. The maximum absolute atomic E-state index is 13.5. The zero-order chi connectivity index (χ0) is 15.2. The van der Waals surface area contributed by atoms with Crippen molar-refractivity contribution in [2.45, 2.75) is 13.0 Å². The number of carbonyl (C=O) groups is 1. The molecule has 0 aliphatic carbocycles. The Bertz CT molecular complexity index is 612. The van der Waals surface area contributed by atoms with E-state index in [1.807, 2.05) is 31.3 Å². The highest BCUT2D eigenvalue weighted by atomic mass is 79.9. The van der Waals surface area contributed by atoms with Gasteiger partial charge in [0.15, 0.2) is 5.78 Å². The lowest BCUT2D eigenvalue weighted by Gasteiger charge is -2.16. The second-order valence-electron chi connectivity index (χ2n) is 5.02. The third kappa shape index (κ3) is 4.76. The largest absolute Gasteiger partial charge is 0.302 e. The highest BCUT2D eigenvalue weighted by molar-refractivity contribution is 9.10. The molecule has 0 aliphatic heterocycles. The van der Waals surface area contributed by atoms with Crippen LogP contribution in [0, 0.1) is 5.82 Å². The average Bonchev–Trinajstić information content (AvgIpc) is 2.48. The van der Waals surface area contributed by atoms with Gasteiger partial charge in [-0.25, -0.2) is 4.39 Å². The van der Waals surface area contributed by atoms with Gasteiger partial charge in [0.2, 0.25) is 0 Å². The number of benzene rings is 2. The lowest BCUT2D eigenvalue weighted by molar-refractivity contribution is 0.0964. The first kappa shape index (κ1) is 15.9. The van der Waals surface area contributed by atoms with Crippen molar-refractivity contribution in [3.8, 4) is 0 Å². The Morgan fingerprint density at radius 1 is 1.14 bits per heavy atom. The van der Waals surface area contributed by atoms with Crippen molar-refractivity contribution in [3.63, 3.8) is 0 Å². The van der Waals surface area contributed by atoms with Crippen LogP contribution in [0.4, 0.5) is 4.39 Å². The van der Waals surface area contributed by atoms with Crippen molar-refractivity contribution in [3.05, 3.63) is 69.9 Å². The summed E-state index contributed by atoms with van der Waals surface area (Å²) in [4.78, 5) is 14.1. The van der Waals surface area contributed by atoms with Gasteiger partial charge in [-0.05, 0) is 36.9 Å². The molecule has 0 unspecified atom stereocenters. The van der Waals surface area contributed by atoms with Gasteiger partial charge < -0.3 is 4.90 Å². The molecular weight excluding hydrogens is 333 g/mol. The monoisotopic (exact) mass is 349 g/mol. The maximum atomic E-state index is 13.5. The molecule has 21 heavy (non-hydrogen) atoms. The van der Waals surface area contributed by atoms with E-state index in [1.165, 1.54) is 17.7 Å². The number of nitrogens with zero attached hydrogens (tertiary/aromatic N) is 1. The minimum atomic E-state index is -0.446. The zero-order valence-electron chi connectivity index (χ0n) is 11.9. The van der Waals surface area contributed by atoms with Crippen LogP contribution in [0.15, 0.2) is 53.0 Å². The molecule has 0 aliphatic rings. The normalized spacial score (nSPS) is 10.9. The lowest BCUT2D eigenvalue weighted by atomic mass is 10.1. The molecule has 0 atom stereocenters. The van der Waals surface area contributed by atoms with Crippen molar-refractivity contribution < 1.29 is 9.18 Å². The SMILES string of the molecule is CN(CCC(=O)c1ccccc1F)Cc1ccc(Br)cc1. The van der Waals surface area contributed by atoms with Gasteiger partial charge in [-0.3, -0.25) is 4.79 Å². The van der Waals surface area contributed by atoms with Gasteiger partial charge in [-0.1, -0.05) is 40.2 Å².